The second kappa shape index (κ2) is 8.78. The van der Waals surface area contributed by atoms with Crippen LogP contribution in [0.3, 0.4) is 0 Å². The molecule has 0 saturated carbocycles. The van der Waals surface area contributed by atoms with E-state index < -0.39 is 0 Å². The number of nitrogens with zero attached hydrogens (tertiary/aromatic N) is 2. The molecule has 0 radical (unpaired) electrons. The van der Waals surface area contributed by atoms with Crippen LogP contribution in [0, 0.1) is 0 Å². The van der Waals surface area contributed by atoms with Gasteiger partial charge in [-0.2, -0.15) is 0 Å². The lowest BCUT2D eigenvalue weighted by Gasteiger charge is -2.36. The number of hydrogen-bond acceptors (Lipinski definition) is 5. The molecule has 1 saturated heterocycles. The third kappa shape index (κ3) is 4.27. The van der Waals surface area contributed by atoms with Gasteiger partial charge in [0, 0.05) is 37.3 Å². The number of carbonyl (C=O) groups is 2. The normalized spacial score (nSPS) is 14.0. The van der Waals surface area contributed by atoms with Gasteiger partial charge in [0.05, 0.1) is 26.3 Å². The zero-order valence-corrected chi connectivity index (χ0v) is 16.6. The van der Waals surface area contributed by atoms with E-state index in [0.29, 0.717) is 24.4 Å². The van der Waals surface area contributed by atoms with Crippen molar-refractivity contribution in [3.63, 3.8) is 0 Å². The first-order valence-corrected chi connectivity index (χ1v) is 9.37. The SMILES string of the molecule is COc1ccc(C(C)=O)cc1CC(=O)N1CCN(c2ccccc2OC)CC1. The molecule has 0 bridgehead atoms. The second-order valence-corrected chi connectivity index (χ2v) is 6.80. The lowest BCUT2D eigenvalue weighted by Crippen LogP contribution is -2.49. The van der Waals surface area contributed by atoms with Crippen molar-refractivity contribution in [3.8, 4) is 11.5 Å². The largest absolute Gasteiger partial charge is 0.496 e. The van der Waals surface area contributed by atoms with E-state index in [2.05, 4.69) is 4.90 Å². The van der Waals surface area contributed by atoms with Crippen molar-refractivity contribution >= 4 is 17.4 Å². The van der Waals surface area contributed by atoms with Gasteiger partial charge >= 0.3 is 0 Å². The Balaban J connectivity index is 1.66. The molecule has 6 heteroatoms. The summed E-state index contributed by atoms with van der Waals surface area (Å²) >= 11 is 0. The highest BCUT2D eigenvalue weighted by atomic mass is 16.5. The van der Waals surface area contributed by atoms with Gasteiger partial charge in [0.15, 0.2) is 5.78 Å². The van der Waals surface area contributed by atoms with Crippen molar-refractivity contribution in [1.82, 2.24) is 4.90 Å². The molecule has 1 aliphatic heterocycles. The Morgan fingerprint density at radius 3 is 2.25 bits per heavy atom. The molecule has 28 heavy (non-hydrogen) atoms. The fraction of sp³-hybridized carbons (Fsp3) is 0.364. The van der Waals surface area contributed by atoms with Crippen LogP contribution in [0.15, 0.2) is 42.5 Å². The smallest absolute Gasteiger partial charge is 0.227 e. The molecule has 6 nitrogen and oxygen atoms in total. The van der Waals surface area contributed by atoms with E-state index >= 15 is 0 Å². The van der Waals surface area contributed by atoms with Gasteiger partial charge in [0.2, 0.25) is 5.91 Å². The summed E-state index contributed by atoms with van der Waals surface area (Å²) in [5.74, 6) is 1.49. The topological polar surface area (TPSA) is 59.1 Å². The summed E-state index contributed by atoms with van der Waals surface area (Å²) in [4.78, 5) is 28.6. The van der Waals surface area contributed by atoms with Crippen LogP contribution in [0.4, 0.5) is 5.69 Å². The zero-order chi connectivity index (χ0) is 20.1. The molecule has 0 spiro atoms. The number of benzene rings is 2. The van der Waals surface area contributed by atoms with Gasteiger partial charge in [-0.25, -0.2) is 0 Å². The number of ether oxygens (including phenoxy) is 2. The quantitative estimate of drug-likeness (QED) is 0.719. The van der Waals surface area contributed by atoms with Crippen molar-refractivity contribution in [1.29, 1.82) is 0 Å². The molecule has 0 N–H and O–H groups in total. The maximum Gasteiger partial charge on any atom is 0.227 e. The van der Waals surface area contributed by atoms with Gasteiger partial charge in [0.25, 0.3) is 0 Å². The Kier molecular flexibility index (Phi) is 6.19. The fourth-order valence-electron chi connectivity index (χ4n) is 3.50. The maximum atomic E-state index is 12.8. The third-order valence-electron chi connectivity index (χ3n) is 5.09. The molecular weight excluding hydrogens is 356 g/mol. The summed E-state index contributed by atoms with van der Waals surface area (Å²) in [6.07, 6.45) is 0.221. The Bertz CT molecular complexity index is 857. The lowest BCUT2D eigenvalue weighted by atomic mass is 10.0. The number of para-hydroxylation sites is 2. The number of carbonyl (C=O) groups excluding carboxylic acids is 2. The number of anilines is 1. The van der Waals surface area contributed by atoms with E-state index in [0.717, 1.165) is 30.1 Å². The number of amides is 1. The standard InChI is InChI=1S/C22H26N2O4/c1-16(25)17-8-9-20(27-2)18(14-17)15-22(26)24-12-10-23(11-13-24)19-6-4-5-7-21(19)28-3/h4-9,14H,10-13,15H2,1-3H3. The van der Waals surface area contributed by atoms with Crippen LogP contribution in [0.25, 0.3) is 0 Å². The minimum Gasteiger partial charge on any atom is -0.496 e. The first-order chi connectivity index (χ1) is 13.5. The Morgan fingerprint density at radius 1 is 0.929 bits per heavy atom. The van der Waals surface area contributed by atoms with E-state index in [4.69, 9.17) is 9.47 Å². The van der Waals surface area contributed by atoms with Crippen LogP contribution in [0.1, 0.15) is 22.8 Å². The van der Waals surface area contributed by atoms with E-state index in [9.17, 15) is 9.59 Å². The van der Waals surface area contributed by atoms with Crippen LogP contribution in [-0.4, -0.2) is 57.0 Å². The van der Waals surface area contributed by atoms with Crippen molar-refractivity contribution in [3.05, 3.63) is 53.6 Å². The van der Waals surface area contributed by atoms with Gasteiger partial charge in [0.1, 0.15) is 11.5 Å². The van der Waals surface area contributed by atoms with Crippen molar-refractivity contribution in [2.24, 2.45) is 0 Å². The molecule has 1 aliphatic rings. The number of piperazine rings is 1. The minimum atomic E-state index is -0.0261. The van der Waals surface area contributed by atoms with Crippen LogP contribution in [0.5, 0.6) is 11.5 Å². The molecule has 0 aliphatic carbocycles. The summed E-state index contributed by atoms with van der Waals surface area (Å²) in [7, 11) is 3.24. The van der Waals surface area contributed by atoms with E-state index in [1.807, 2.05) is 29.2 Å². The number of methoxy groups -OCH3 is 2. The molecule has 0 atom stereocenters. The number of rotatable bonds is 6. The molecule has 1 heterocycles. The van der Waals surface area contributed by atoms with Crippen LogP contribution in [0.2, 0.25) is 0 Å². The number of Topliss-reactive ketones (excluding diaryl/α,β-unsaturated/α-hetero) is 1. The predicted molar refractivity (Wildman–Crippen MR) is 108 cm³/mol. The summed E-state index contributed by atoms with van der Waals surface area (Å²) in [6, 6.07) is 13.1. The summed E-state index contributed by atoms with van der Waals surface area (Å²) in [5.41, 5.74) is 2.38. The highest BCUT2D eigenvalue weighted by Gasteiger charge is 2.23. The van der Waals surface area contributed by atoms with Gasteiger partial charge in [-0.05, 0) is 37.3 Å². The van der Waals surface area contributed by atoms with Gasteiger partial charge in [-0.1, -0.05) is 12.1 Å². The Labute approximate surface area is 165 Å². The van der Waals surface area contributed by atoms with Crippen LogP contribution < -0.4 is 14.4 Å². The molecule has 0 aromatic heterocycles. The summed E-state index contributed by atoms with van der Waals surface area (Å²) < 4.78 is 10.8. The first kappa shape index (κ1) is 19.7. The fourth-order valence-corrected chi connectivity index (χ4v) is 3.50. The zero-order valence-electron chi connectivity index (χ0n) is 16.6. The number of ketones is 1. The van der Waals surface area contributed by atoms with E-state index in [-0.39, 0.29) is 18.1 Å². The van der Waals surface area contributed by atoms with E-state index in [1.54, 1.807) is 32.4 Å². The van der Waals surface area contributed by atoms with Crippen molar-refractivity contribution < 1.29 is 19.1 Å². The maximum absolute atomic E-state index is 12.8. The van der Waals surface area contributed by atoms with Gasteiger partial charge in [-0.3, -0.25) is 9.59 Å². The average Bonchev–Trinajstić information content (AvgIpc) is 2.73. The van der Waals surface area contributed by atoms with Gasteiger partial charge in [-0.15, -0.1) is 0 Å². The average molecular weight is 382 g/mol. The highest BCUT2D eigenvalue weighted by Crippen LogP contribution is 2.28. The van der Waals surface area contributed by atoms with Crippen LogP contribution >= 0.6 is 0 Å². The predicted octanol–water partition coefficient (Wildman–Crippen LogP) is 2.80. The minimum absolute atomic E-state index is 0.0261. The van der Waals surface area contributed by atoms with Crippen molar-refractivity contribution in [2.45, 2.75) is 13.3 Å². The number of hydrogen-bond donors (Lipinski definition) is 0. The van der Waals surface area contributed by atoms with Gasteiger partial charge < -0.3 is 19.3 Å². The third-order valence-corrected chi connectivity index (χ3v) is 5.09. The van der Waals surface area contributed by atoms with Crippen molar-refractivity contribution in [2.75, 3.05) is 45.3 Å². The molecule has 148 valence electrons. The molecule has 3 rings (SSSR count). The summed E-state index contributed by atoms with van der Waals surface area (Å²) in [5, 5.41) is 0. The Hall–Kier alpha value is -3.02. The molecular formula is C22H26N2O4. The first-order valence-electron chi connectivity index (χ1n) is 9.37. The molecule has 1 fully saturated rings. The lowest BCUT2D eigenvalue weighted by molar-refractivity contribution is -0.130. The molecule has 1 amide bonds. The van der Waals surface area contributed by atoms with E-state index in [1.165, 1.54) is 6.92 Å². The Morgan fingerprint density at radius 2 is 1.61 bits per heavy atom. The molecule has 2 aromatic carbocycles. The summed E-state index contributed by atoms with van der Waals surface area (Å²) in [6.45, 7) is 4.30. The molecule has 2 aromatic rings. The molecule has 0 unspecified atom stereocenters. The highest BCUT2D eigenvalue weighted by molar-refractivity contribution is 5.94. The second-order valence-electron chi connectivity index (χ2n) is 6.80. The monoisotopic (exact) mass is 382 g/mol. The van der Waals surface area contributed by atoms with Crippen LogP contribution in [-0.2, 0) is 11.2 Å².